The number of hydrogen-bond acceptors (Lipinski definition) is 8. The maximum Gasteiger partial charge on any atom is 0.241 e. The second-order valence-corrected chi connectivity index (χ2v) is 6.56. The molecule has 146 valence electrons. The summed E-state index contributed by atoms with van der Waals surface area (Å²) in [6.07, 6.45) is 3.70. The average molecular weight is 402 g/mol. The van der Waals surface area contributed by atoms with Gasteiger partial charge in [0.25, 0.3) is 0 Å². The summed E-state index contributed by atoms with van der Waals surface area (Å²) in [6.45, 7) is 3.55. The molecule has 2 aliphatic heterocycles. The highest BCUT2D eigenvalue weighted by Gasteiger charge is 2.26. The van der Waals surface area contributed by atoms with Gasteiger partial charge in [-0.15, -0.1) is 12.4 Å². The van der Waals surface area contributed by atoms with Crippen LogP contribution in [0.3, 0.4) is 0 Å². The van der Waals surface area contributed by atoms with Crippen molar-refractivity contribution in [3.63, 3.8) is 0 Å². The molecule has 1 saturated heterocycles. The van der Waals surface area contributed by atoms with Crippen molar-refractivity contribution in [3.8, 4) is 22.9 Å². The maximum atomic E-state index is 5.51. The van der Waals surface area contributed by atoms with Crippen LogP contribution < -0.4 is 14.8 Å². The second kappa shape index (κ2) is 8.14. The third-order valence-corrected chi connectivity index (χ3v) is 4.86. The van der Waals surface area contributed by atoms with Crippen molar-refractivity contribution in [3.05, 3.63) is 54.2 Å². The van der Waals surface area contributed by atoms with E-state index in [1.807, 2.05) is 30.5 Å². The van der Waals surface area contributed by atoms with Gasteiger partial charge in [-0.3, -0.25) is 9.88 Å². The summed E-state index contributed by atoms with van der Waals surface area (Å²) in [6, 6.07) is 9.94. The minimum Gasteiger partial charge on any atom is -0.454 e. The Labute approximate surface area is 168 Å². The lowest BCUT2D eigenvalue weighted by Gasteiger charge is -2.35. The first-order valence-corrected chi connectivity index (χ1v) is 8.94. The molecule has 1 unspecified atom stereocenters. The summed E-state index contributed by atoms with van der Waals surface area (Å²) in [5.41, 5.74) is 2.03. The molecular formula is C19H20ClN5O3. The highest BCUT2D eigenvalue weighted by Crippen LogP contribution is 2.35. The highest BCUT2D eigenvalue weighted by molar-refractivity contribution is 5.85. The number of ether oxygens (including phenoxy) is 2. The van der Waals surface area contributed by atoms with Crippen LogP contribution in [0.2, 0.25) is 0 Å². The smallest absolute Gasteiger partial charge is 0.241 e. The van der Waals surface area contributed by atoms with E-state index in [1.165, 1.54) is 5.56 Å². The Hall–Kier alpha value is -2.68. The van der Waals surface area contributed by atoms with E-state index in [2.05, 4.69) is 31.4 Å². The van der Waals surface area contributed by atoms with E-state index in [9.17, 15) is 0 Å². The van der Waals surface area contributed by atoms with E-state index in [0.29, 0.717) is 24.0 Å². The maximum absolute atomic E-state index is 5.51. The van der Waals surface area contributed by atoms with Gasteiger partial charge in [0.1, 0.15) is 0 Å². The molecular weight excluding hydrogens is 382 g/mol. The van der Waals surface area contributed by atoms with Gasteiger partial charge in [0.05, 0.1) is 6.54 Å². The first kappa shape index (κ1) is 18.7. The molecule has 1 atom stereocenters. The Bertz CT molecular complexity index is 936. The van der Waals surface area contributed by atoms with Gasteiger partial charge in [0.15, 0.2) is 11.5 Å². The fourth-order valence-corrected chi connectivity index (χ4v) is 3.48. The third kappa shape index (κ3) is 3.66. The molecule has 4 heterocycles. The van der Waals surface area contributed by atoms with Crippen LogP contribution in [0.1, 0.15) is 17.5 Å². The van der Waals surface area contributed by atoms with E-state index in [-0.39, 0.29) is 25.2 Å². The minimum atomic E-state index is 0. The van der Waals surface area contributed by atoms with Crippen molar-refractivity contribution in [1.82, 2.24) is 25.3 Å². The van der Waals surface area contributed by atoms with Gasteiger partial charge in [0.2, 0.25) is 18.5 Å². The largest absolute Gasteiger partial charge is 0.454 e. The van der Waals surface area contributed by atoms with Crippen molar-refractivity contribution in [2.45, 2.75) is 12.6 Å². The number of piperazine rings is 1. The lowest BCUT2D eigenvalue weighted by Crippen LogP contribution is -2.45. The quantitative estimate of drug-likeness (QED) is 0.713. The fraction of sp³-hybridized carbons (Fsp3) is 0.316. The lowest BCUT2D eigenvalue weighted by atomic mass is 10.1. The molecule has 5 rings (SSSR count). The zero-order valence-electron chi connectivity index (χ0n) is 15.1. The van der Waals surface area contributed by atoms with E-state index in [1.54, 1.807) is 6.20 Å². The van der Waals surface area contributed by atoms with Gasteiger partial charge in [-0.2, -0.15) is 4.98 Å². The predicted octanol–water partition coefficient (Wildman–Crippen LogP) is 2.43. The predicted molar refractivity (Wildman–Crippen MR) is 103 cm³/mol. The normalized spacial score (nSPS) is 18.6. The minimum absolute atomic E-state index is 0. The van der Waals surface area contributed by atoms with Gasteiger partial charge in [-0.1, -0.05) is 11.2 Å². The Kier molecular flexibility index (Phi) is 5.43. The number of benzene rings is 1. The Morgan fingerprint density at radius 3 is 3.00 bits per heavy atom. The first-order valence-electron chi connectivity index (χ1n) is 8.94. The van der Waals surface area contributed by atoms with Crippen LogP contribution >= 0.6 is 12.4 Å². The summed E-state index contributed by atoms with van der Waals surface area (Å²) < 4.78 is 16.3. The van der Waals surface area contributed by atoms with Crippen LogP contribution in [-0.4, -0.2) is 46.5 Å². The zero-order chi connectivity index (χ0) is 18.1. The van der Waals surface area contributed by atoms with Crippen molar-refractivity contribution in [2.24, 2.45) is 0 Å². The zero-order valence-corrected chi connectivity index (χ0v) is 15.9. The molecule has 0 radical (unpaired) electrons. The van der Waals surface area contributed by atoms with Crippen LogP contribution in [0, 0.1) is 0 Å². The summed E-state index contributed by atoms with van der Waals surface area (Å²) in [5, 5.41) is 7.58. The summed E-state index contributed by atoms with van der Waals surface area (Å²) in [5.74, 6) is 2.59. The topological polar surface area (TPSA) is 85.5 Å². The monoisotopic (exact) mass is 401 g/mol. The molecule has 8 nitrogen and oxygen atoms in total. The Morgan fingerprint density at radius 2 is 2.11 bits per heavy atom. The second-order valence-electron chi connectivity index (χ2n) is 6.56. The molecule has 1 aromatic carbocycles. The number of halogens is 1. The molecule has 0 saturated carbocycles. The molecule has 28 heavy (non-hydrogen) atoms. The third-order valence-electron chi connectivity index (χ3n) is 4.86. The van der Waals surface area contributed by atoms with Gasteiger partial charge in [-0.05, 0) is 29.8 Å². The van der Waals surface area contributed by atoms with E-state index < -0.39 is 0 Å². The standard InChI is InChI=1S/C19H19N5O3.ClH/c1-2-14(9-20-5-1)15-10-21-6-7-24(15)11-18-22-19(23-27-18)13-3-4-16-17(8-13)26-12-25-16;/h1-5,8-9,15,21H,6-7,10-12H2;1H. The molecule has 9 heteroatoms. The first-order chi connectivity index (χ1) is 13.4. The molecule has 0 aliphatic carbocycles. The highest BCUT2D eigenvalue weighted by atomic mass is 35.5. The number of fused-ring (bicyclic) bond motifs is 1. The Morgan fingerprint density at radius 1 is 1.18 bits per heavy atom. The van der Waals surface area contributed by atoms with Crippen LogP contribution in [0.25, 0.3) is 11.4 Å². The number of pyridine rings is 1. The van der Waals surface area contributed by atoms with Crippen molar-refractivity contribution in [1.29, 1.82) is 0 Å². The number of hydrogen-bond donors (Lipinski definition) is 1. The average Bonchev–Trinajstić information content (AvgIpc) is 3.38. The van der Waals surface area contributed by atoms with Crippen molar-refractivity contribution in [2.75, 3.05) is 26.4 Å². The fourth-order valence-electron chi connectivity index (χ4n) is 3.48. The van der Waals surface area contributed by atoms with Crippen LogP contribution in [-0.2, 0) is 6.54 Å². The van der Waals surface area contributed by atoms with Gasteiger partial charge in [-0.25, -0.2) is 0 Å². The molecule has 3 aromatic rings. The molecule has 1 N–H and O–H groups in total. The van der Waals surface area contributed by atoms with Crippen LogP contribution in [0.4, 0.5) is 0 Å². The van der Waals surface area contributed by atoms with E-state index in [4.69, 9.17) is 14.0 Å². The van der Waals surface area contributed by atoms with E-state index >= 15 is 0 Å². The summed E-state index contributed by atoms with van der Waals surface area (Å²) in [7, 11) is 0. The number of nitrogens with zero attached hydrogens (tertiary/aromatic N) is 4. The summed E-state index contributed by atoms with van der Waals surface area (Å²) in [4.78, 5) is 11.2. The SMILES string of the molecule is Cl.c1cncc(C2CNCCN2Cc2nc(-c3ccc4c(c3)OCO4)no2)c1. The van der Waals surface area contributed by atoms with Gasteiger partial charge in [0, 0.05) is 43.6 Å². The molecule has 1 fully saturated rings. The number of aromatic nitrogens is 3. The molecule has 0 spiro atoms. The lowest BCUT2D eigenvalue weighted by molar-refractivity contribution is 0.135. The van der Waals surface area contributed by atoms with Crippen molar-refractivity contribution >= 4 is 12.4 Å². The molecule has 0 amide bonds. The number of rotatable bonds is 4. The molecule has 0 bridgehead atoms. The molecule has 2 aliphatic rings. The van der Waals surface area contributed by atoms with Gasteiger partial charge < -0.3 is 19.3 Å². The Balaban J connectivity index is 0.00000192. The summed E-state index contributed by atoms with van der Waals surface area (Å²) >= 11 is 0. The molecule has 2 aromatic heterocycles. The van der Waals surface area contributed by atoms with Crippen LogP contribution in [0.15, 0.2) is 47.2 Å². The van der Waals surface area contributed by atoms with Crippen molar-refractivity contribution < 1.29 is 14.0 Å². The van der Waals surface area contributed by atoms with Gasteiger partial charge >= 0.3 is 0 Å². The number of nitrogens with one attached hydrogen (secondary N) is 1. The van der Waals surface area contributed by atoms with E-state index in [0.717, 1.165) is 30.9 Å². The van der Waals surface area contributed by atoms with Crippen LogP contribution in [0.5, 0.6) is 11.5 Å².